The molecule has 0 aromatic heterocycles. The molecule has 0 aromatic carbocycles. The van der Waals surface area contributed by atoms with E-state index in [1.165, 1.54) is 89.9 Å². The van der Waals surface area contributed by atoms with Crippen LogP contribution in [0.2, 0.25) is 0 Å². The molecule has 6 nitrogen and oxygen atoms in total. The summed E-state index contributed by atoms with van der Waals surface area (Å²) >= 11 is -2.07. The normalized spacial score (nSPS) is 12.7. The first-order valence-corrected chi connectivity index (χ1v) is 21.7. The van der Waals surface area contributed by atoms with Crippen molar-refractivity contribution in [3.05, 3.63) is 0 Å². The zero-order valence-electron chi connectivity index (χ0n) is 28.4. The Labute approximate surface area is 279 Å². The quantitative estimate of drug-likeness (QED) is 0.0497. The van der Waals surface area contributed by atoms with Crippen molar-refractivity contribution in [3.8, 4) is 0 Å². The van der Waals surface area contributed by atoms with Crippen LogP contribution in [0.25, 0.3) is 0 Å². The number of carbonyl (C=O) groups excluding carboxylic acids is 2. The number of hydrogen-bond acceptors (Lipinski definition) is 6. The summed E-state index contributed by atoms with van der Waals surface area (Å²) in [6, 6.07) is 0. The molecule has 0 aromatic rings. The molecule has 0 aliphatic heterocycles. The summed E-state index contributed by atoms with van der Waals surface area (Å²) in [5, 5.41) is 20.1. The summed E-state index contributed by atoms with van der Waals surface area (Å²) in [5.74, 6) is -0.406. The van der Waals surface area contributed by atoms with Crippen LogP contribution >= 0.6 is 0 Å². The van der Waals surface area contributed by atoms with Crippen molar-refractivity contribution in [3.63, 3.8) is 0 Å². The van der Waals surface area contributed by atoms with Gasteiger partial charge in [-0.05, 0) is 12.8 Å². The number of unbranched alkanes of at least 4 members (excludes halogenated alkanes) is 20. The van der Waals surface area contributed by atoms with Gasteiger partial charge in [-0.15, -0.1) is 0 Å². The van der Waals surface area contributed by atoms with E-state index in [-0.39, 0.29) is 24.1 Å². The first-order chi connectivity index (χ1) is 21.0. The molecule has 7 heteroatoms. The number of rotatable bonds is 34. The third kappa shape index (κ3) is 34.5. The Balaban J connectivity index is 3.36. The van der Waals surface area contributed by atoms with Crippen molar-refractivity contribution < 1.29 is 25.2 Å². The fourth-order valence-corrected chi connectivity index (χ4v) is 7.22. The van der Waals surface area contributed by atoms with Gasteiger partial charge >= 0.3 is 180 Å². The molecule has 2 atom stereocenters. The maximum absolute atomic E-state index is 11.9. The van der Waals surface area contributed by atoms with E-state index in [0.29, 0.717) is 12.8 Å². The monoisotopic (exact) mass is 806 g/mol. The van der Waals surface area contributed by atoms with Gasteiger partial charge in [0.05, 0.1) is 12.2 Å². The molecule has 254 valence electrons. The van der Waals surface area contributed by atoms with Gasteiger partial charge in [-0.25, -0.2) is 0 Å². The van der Waals surface area contributed by atoms with E-state index in [1.807, 2.05) is 0 Å². The molecule has 2 N–H and O–H groups in total. The second kappa shape index (κ2) is 34.7. The van der Waals surface area contributed by atoms with Crippen molar-refractivity contribution >= 4 is 37.1 Å². The Hall–Kier alpha value is -0.218. The minimum absolute atomic E-state index is 0.109. The second-order valence-corrected chi connectivity index (χ2v) is 15.0. The molecule has 43 heavy (non-hydrogen) atoms. The molecule has 0 fully saturated rings. The van der Waals surface area contributed by atoms with Gasteiger partial charge in [0.1, 0.15) is 0 Å². The molecule has 0 aliphatic rings. The molecule has 0 spiro atoms. The third-order valence-corrected chi connectivity index (χ3v) is 10.8. The smallest absolute Gasteiger partial charge is 0.393 e. The van der Waals surface area contributed by atoms with Gasteiger partial charge < -0.3 is 10.2 Å². The van der Waals surface area contributed by atoms with Crippen LogP contribution in [0.1, 0.15) is 206 Å². The minimum atomic E-state index is -2.07. The summed E-state index contributed by atoms with van der Waals surface area (Å²) in [7, 11) is 0. The Morgan fingerprint density at radius 1 is 0.442 bits per heavy atom. The zero-order chi connectivity index (χ0) is 31.6. The molecular formula is C36H70O6Pb. The minimum Gasteiger partial charge on any atom is -0.393 e. The van der Waals surface area contributed by atoms with Crippen LogP contribution in [0.5, 0.6) is 0 Å². The van der Waals surface area contributed by atoms with Gasteiger partial charge in [0.25, 0.3) is 0 Å². The van der Waals surface area contributed by atoms with E-state index in [1.54, 1.807) is 0 Å². The standard InChI is InChI=1S/2C18H36O3.Pb/c2*1-2-3-4-11-14-17(19)15-12-9-7-5-6-8-10-13-16-18(20)21;/h2*17,19H,2-16H2,1H3,(H,20,21);/q;;+2/p-2. The molecular weight excluding hydrogens is 736 g/mol. The van der Waals surface area contributed by atoms with Gasteiger partial charge in [-0.3, -0.25) is 0 Å². The Bertz CT molecular complexity index is 552. The SMILES string of the molecule is CCCCCCC(O)CCCCCCCCCCC(=O)[O][Pb][O]C(=O)CCCCCCCCCCC(O)CCCCCC. The maximum atomic E-state index is 11.9. The van der Waals surface area contributed by atoms with Crippen LogP contribution in [0.4, 0.5) is 0 Å². The van der Waals surface area contributed by atoms with E-state index in [4.69, 9.17) is 5.37 Å². The van der Waals surface area contributed by atoms with Crippen molar-refractivity contribution in [1.82, 2.24) is 0 Å². The molecule has 0 bridgehead atoms. The Kier molecular flexibility index (Phi) is 34.5. The Morgan fingerprint density at radius 3 is 1.00 bits per heavy atom. The average molecular weight is 806 g/mol. The van der Waals surface area contributed by atoms with Gasteiger partial charge in [-0.1, -0.05) is 65.2 Å². The van der Waals surface area contributed by atoms with Crippen LogP contribution in [-0.4, -0.2) is 59.5 Å². The molecule has 0 rings (SSSR count). The van der Waals surface area contributed by atoms with Crippen LogP contribution in [0, 0.1) is 0 Å². The number of carbonyl (C=O) groups is 2. The van der Waals surface area contributed by atoms with E-state index in [9.17, 15) is 19.8 Å². The molecule has 0 amide bonds. The topological polar surface area (TPSA) is 93.1 Å². The van der Waals surface area contributed by atoms with Gasteiger partial charge in [0.15, 0.2) is 0 Å². The first-order valence-electron chi connectivity index (χ1n) is 18.5. The summed E-state index contributed by atoms with van der Waals surface area (Å²) in [6.45, 7) is 4.43. The molecule has 0 aliphatic carbocycles. The van der Waals surface area contributed by atoms with Gasteiger partial charge in [0.2, 0.25) is 0 Å². The van der Waals surface area contributed by atoms with Crippen molar-refractivity contribution in [2.24, 2.45) is 0 Å². The van der Waals surface area contributed by atoms with Crippen molar-refractivity contribution in [2.45, 2.75) is 219 Å². The van der Waals surface area contributed by atoms with Crippen LogP contribution in [0.3, 0.4) is 0 Å². The fourth-order valence-electron chi connectivity index (χ4n) is 5.54. The van der Waals surface area contributed by atoms with Crippen molar-refractivity contribution in [2.75, 3.05) is 0 Å². The summed E-state index contributed by atoms with van der Waals surface area (Å²) in [4.78, 5) is 23.8. The molecule has 0 saturated heterocycles. The molecule has 0 saturated carbocycles. The van der Waals surface area contributed by atoms with E-state index >= 15 is 0 Å². The Morgan fingerprint density at radius 2 is 0.698 bits per heavy atom. The first kappa shape index (κ1) is 42.8. The summed E-state index contributed by atoms with van der Waals surface area (Å²) < 4.78 is 10.5. The van der Waals surface area contributed by atoms with E-state index < -0.39 is 25.1 Å². The molecule has 2 radical (unpaired) electrons. The van der Waals surface area contributed by atoms with Crippen LogP contribution in [-0.2, 0) is 15.0 Å². The van der Waals surface area contributed by atoms with E-state index in [0.717, 1.165) is 89.9 Å². The van der Waals surface area contributed by atoms with Crippen LogP contribution < -0.4 is 0 Å². The van der Waals surface area contributed by atoms with Gasteiger partial charge in [0, 0.05) is 0 Å². The zero-order valence-corrected chi connectivity index (χ0v) is 32.3. The number of aliphatic hydroxyl groups is 2. The summed E-state index contributed by atoms with van der Waals surface area (Å²) in [6.07, 6.45) is 32.4. The second-order valence-electron chi connectivity index (χ2n) is 12.8. The average Bonchev–Trinajstić information content (AvgIpc) is 2.99. The number of aliphatic hydroxyl groups excluding tert-OH is 2. The number of hydrogen-bond donors (Lipinski definition) is 2. The summed E-state index contributed by atoms with van der Waals surface area (Å²) in [5.41, 5.74) is 0. The predicted octanol–water partition coefficient (Wildman–Crippen LogP) is 10.1. The predicted molar refractivity (Wildman–Crippen MR) is 180 cm³/mol. The molecule has 0 heterocycles. The van der Waals surface area contributed by atoms with Gasteiger partial charge in [-0.2, -0.15) is 0 Å². The molecule has 2 unspecified atom stereocenters. The third-order valence-electron chi connectivity index (χ3n) is 8.43. The van der Waals surface area contributed by atoms with Crippen LogP contribution in [0.15, 0.2) is 0 Å². The fraction of sp³-hybridized carbons (Fsp3) is 0.944. The van der Waals surface area contributed by atoms with E-state index in [2.05, 4.69) is 13.8 Å². The van der Waals surface area contributed by atoms with Crippen molar-refractivity contribution in [1.29, 1.82) is 0 Å².